The van der Waals surface area contributed by atoms with Gasteiger partial charge >= 0.3 is 6.36 Å². The maximum Gasteiger partial charge on any atom is 0.573 e. The summed E-state index contributed by atoms with van der Waals surface area (Å²) in [5, 5.41) is 0. The fourth-order valence-corrected chi connectivity index (χ4v) is 1.21. The molecule has 0 N–H and O–H groups in total. The van der Waals surface area contributed by atoms with Crippen molar-refractivity contribution < 1.29 is 22.3 Å². The molecule has 0 radical (unpaired) electrons. The molecular formula is C7H4F4INO. The van der Waals surface area contributed by atoms with Gasteiger partial charge in [-0.15, -0.1) is 13.2 Å². The van der Waals surface area contributed by atoms with Crippen LogP contribution in [0, 0.1) is 16.4 Å². The van der Waals surface area contributed by atoms with E-state index in [0.717, 1.165) is 0 Å². The van der Waals surface area contributed by atoms with E-state index in [1.165, 1.54) is 6.92 Å². The molecule has 0 fully saturated rings. The Morgan fingerprint density at radius 1 is 1.43 bits per heavy atom. The van der Waals surface area contributed by atoms with Gasteiger partial charge in [-0.2, -0.15) is 4.39 Å². The van der Waals surface area contributed by atoms with Crippen molar-refractivity contribution in [2.24, 2.45) is 0 Å². The summed E-state index contributed by atoms with van der Waals surface area (Å²) in [7, 11) is 0. The number of pyridine rings is 1. The number of aromatic nitrogens is 1. The van der Waals surface area contributed by atoms with Gasteiger partial charge in [0.15, 0.2) is 5.75 Å². The minimum atomic E-state index is -4.79. The number of hydrogen-bond acceptors (Lipinski definition) is 2. The summed E-state index contributed by atoms with van der Waals surface area (Å²) in [6, 6.07) is 0. The van der Waals surface area contributed by atoms with Crippen molar-refractivity contribution in [3.05, 3.63) is 21.3 Å². The quantitative estimate of drug-likeness (QED) is 0.451. The van der Waals surface area contributed by atoms with E-state index < -0.39 is 18.1 Å². The van der Waals surface area contributed by atoms with Crippen LogP contribution in [0.15, 0.2) is 6.20 Å². The summed E-state index contributed by atoms with van der Waals surface area (Å²) in [6.07, 6.45) is -4.08. The normalized spacial score (nSPS) is 11.6. The molecule has 0 aliphatic rings. The SMILES string of the molecule is Cc1c(F)ncc(OC(F)(F)F)c1I. The van der Waals surface area contributed by atoms with Gasteiger partial charge in [0.2, 0.25) is 5.95 Å². The van der Waals surface area contributed by atoms with Crippen LogP contribution < -0.4 is 4.74 Å². The summed E-state index contributed by atoms with van der Waals surface area (Å²) < 4.78 is 51.9. The largest absolute Gasteiger partial charge is 0.573 e. The van der Waals surface area contributed by atoms with Crippen LogP contribution in [0.2, 0.25) is 0 Å². The summed E-state index contributed by atoms with van der Waals surface area (Å²) in [5.41, 5.74) is 0.0346. The van der Waals surface area contributed by atoms with Crippen molar-refractivity contribution in [1.82, 2.24) is 4.98 Å². The number of rotatable bonds is 1. The molecule has 0 bridgehead atoms. The zero-order chi connectivity index (χ0) is 10.9. The molecule has 0 aliphatic carbocycles. The fourth-order valence-electron chi connectivity index (χ4n) is 0.740. The molecule has 1 heterocycles. The third kappa shape index (κ3) is 2.69. The highest BCUT2D eigenvalue weighted by Crippen LogP contribution is 2.29. The average Bonchev–Trinajstić information content (AvgIpc) is 2.04. The maximum absolute atomic E-state index is 12.7. The van der Waals surface area contributed by atoms with Crippen LogP contribution in [0.1, 0.15) is 5.56 Å². The van der Waals surface area contributed by atoms with Crippen LogP contribution in [0.25, 0.3) is 0 Å². The highest BCUT2D eigenvalue weighted by atomic mass is 127. The Morgan fingerprint density at radius 2 is 2.00 bits per heavy atom. The molecule has 0 amide bonds. The topological polar surface area (TPSA) is 22.1 Å². The van der Waals surface area contributed by atoms with E-state index in [1.54, 1.807) is 22.6 Å². The van der Waals surface area contributed by atoms with E-state index in [4.69, 9.17) is 0 Å². The maximum atomic E-state index is 12.7. The lowest BCUT2D eigenvalue weighted by molar-refractivity contribution is -0.275. The number of hydrogen-bond donors (Lipinski definition) is 0. The minimum absolute atomic E-state index is 0.0346. The molecule has 78 valence electrons. The molecule has 2 nitrogen and oxygen atoms in total. The second kappa shape index (κ2) is 3.87. The Morgan fingerprint density at radius 3 is 2.50 bits per heavy atom. The van der Waals surface area contributed by atoms with Crippen molar-refractivity contribution in [3.63, 3.8) is 0 Å². The van der Waals surface area contributed by atoms with Crippen LogP contribution in [0.5, 0.6) is 5.75 Å². The molecule has 1 aromatic rings. The molecule has 1 aromatic heterocycles. The first-order valence-corrected chi connectivity index (χ1v) is 4.45. The van der Waals surface area contributed by atoms with E-state index in [-0.39, 0.29) is 9.13 Å². The first kappa shape index (κ1) is 11.5. The lowest BCUT2D eigenvalue weighted by Gasteiger charge is -2.11. The second-order valence-electron chi connectivity index (χ2n) is 2.40. The van der Waals surface area contributed by atoms with E-state index in [9.17, 15) is 17.6 Å². The van der Waals surface area contributed by atoms with Gasteiger partial charge in [0.1, 0.15) is 0 Å². The van der Waals surface area contributed by atoms with E-state index in [2.05, 4.69) is 9.72 Å². The van der Waals surface area contributed by atoms with Crippen molar-refractivity contribution >= 4 is 22.6 Å². The Balaban J connectivity index is 3.06. The van der Waals surface area contributed by atoms with Crippen LogP contribution in [0.4, 0.5) is 17.6 Å². The molecule has 0 aliphatic heterocycles. The Hall–Kier alpha value is -0.600. The van der Waals surface area contributed by atoms with E-state index in [0.29, 0.717) is 6.20 Å². The first-order chi connectivity index (χ1) is 6.31. The van der Waals surface area contributed by atoms with Gasteiger partial charge in [-0.25, -0.2) is 4.98 Å². The lowest BCUT2D eigenvalue weighted by Crippen LogP contribution is -2.18. The van der Waals surface area contributed by atoms with Gasteiger partial charge in [0.25, 0.3) is 0 Å². The van der Waals surface area contributed by atoms with Crippen molar-refractivity contribution in [2.75, 3.05) is 0 Å². The molecule has 14 heavy (non-hydrogen) atoms. The zero-order valence-corrected chi connectivity index (χ0v) is 8.98. The van der Waals surface area contributed by atoms with Gasteiger partial charge in [-0.05, 0) is 29.5 Å². The monoisotopic (exact) mass is 321 g/mol. The molecule has 1 rings (SSSR count). The van der Waals surface area contributed by atoms with Crippen LogP contribution in [0.3, 0.4) is 0 Å². The van der Waals surface area contributed by atoms with E-state index in [1.807, 2.05) is 0 Å². The molecule has 0 atom stereocenters. The van der Waals surface area contributed by atoms with Gasteiger partial charge in [-0.3, -0.25) is 0 Å². The predicted octanol–water partition coefficient (Wildman–Crippen LogP) is 3.03. The smallest absolute Gasteiger partial charge is 0.403 e. The number of ether oxygens (including phenoxy) is 1. The molecule has 0 spiro atoms. The molecule has 0 saturated carbocycles. The minimum Gasteiger partial charge on any atom is -0.403 e. The van der Waals surface area contributed by atoms with Crippen LogP contribution >= 0.6 is 22.6 Å². The number of halogens is 5. The standard InChI is InChI=1S/C7H4F4INO/c1-3-5(12)4(2-13-6(3)8)14-7(9,10)11/h2H,1H3. The molecule has 0 unspecified atom stereocenters. The zero-order valence-electron chi connectivity index (χ0n) is 6.82. The van der Waals surface area contributed by atoms with Gasteiger partial charge < -0.3 is 4.74 Å². The Labute approximate surface area is 90.4 Å². The molecule has 0 aromatic carbocycles. The second-order valence-corrected chi connectivity index (χ2v) is 3.48. The lowest BCUT2D eigenvalue weighted by atomic mass is 10.3. The molecule has 0 saturated heterocycles. The highest BCUT2D eigenvalue weighted by Gasteiger charge is 2.32. The Bertz CT molecular complexity index is 352. The Kier molecular flexibility index (Phi) is 3.17. The molecule has 7 heteroatoms. The summed E-state index contributed by atoms with van der Waals surface area (Å²) in [4.78, 5) is 3.13. The number of nitrogens with zero attached hydrogens (tertiary/aromatic N) is 1. The van der Waals surface area contributed by atoms with Gasteiger partial charge in [0.05, 0.1) is 9.77 Å². The summed E-state index contributed by atoms with van der Waals surface area (Å²) in [5.74, 6) is -1.29. The van der Waals surface area contributed by atoms with Crippen molar-refractivity contribution in [2.45, 2.75) is 13.3 Å². The first-order valence-electron chi connectivity index (χ1n) is 3.37. The van der Waals surface area contributed by atoms with E-state index >= 15 is 0 Å². The summed E-state index contributed by atoms with van der Waals surface area (Å²) >= 11 is 1.57. The van der Waals surface area contributed by atoms with Crippen molar-refractivity contribution in [3.8, 4) is 5.75 Å². The summed E-state index contributed by atoms with van der Waals surface area (Å²) in [6.45, 7) is 1.33. The van der Waals surface area contributed by atoms with Gasteiger partial charge in [0, 0.05) is 5.56 Å². The average molecular weight is 321 g/mol. The number of alkyl halides is 3. The van der Waals surface area contributed by atoms with Crippen LogP contribution in [-0.2, 0) is 0 Å². The predicted molar refractivity (Wildman–Crippen MR) is 48.3 cm³/mol. The third-order valence-corrected chi connectivity index (χ3v) is 2.72. The highest BCUT2D eigenvalue weighted by molar-refractivity contribution is 14.1. The van der Waals surface area contributed by atoms with Crippen LogP contribution in [-0.4, -0.2) is 11.3 Å². The molecular weight excluding hydrogens is 317 g/mol. The van der Waals surface area contributed by atoms with Crippen molar-refractivity contribution in [1.29, 1.82) is 0 Å². The fraction of sp³-hybridized carbons (Fsp3) is 0.286. The van der Waals surface area contributed by atoms with Gasteiger partial charge in [-0.1, -0.05) is 0 Å². The third-order valence-electron chi connectivity index (χ3n) is 1.38.